The predicted molar refractivity (Wildman–Crippen MR) is 78.9 cm³/mol. The molecule has 1 heterocycles. The molecular formula is C12H16ClN3O4S. The number of nitrogens with zero attached hydrogens (tertiary/aromatic N) is 1. The first-order valence-corrected chi connectivity index (χ1v) is 8.37. The molecule has 2 unspecified atom stereocenters. The molecule has 7 nitrogen and oxygen atoms in total. The number of nitro benzene ring substituents is 1. The van der Waals surface area contributed by atoms with E-state index in [-0.39, 0.29) is 17.1 Å². The number of benzene rings is 1. The van der Waals surface area contributed by atoms with Crippen LogP contribution in [-0.4, -0.2) is 32.0 Å². The minimum absolute atomic E-state index is 0.0462. The van der Waals surface area contributed by atoms with E-state index < -0.39 is 25.5 Å². The first-order valence-electron chi connectivity index (χ1n) is 6.51. The molecule has 1 aliphatic rings. The van der Waals surface area contributed by atoms with Crippen LogP contribution in [0.5, 0.6) is 0 Å². The highest BCUT2D eigenvalue weighted by molar-refractivity contribution is 7.89. The highest BCUT2D eigenvalue weighted by atomic mass is 35.5. The highest BCUT2D eigenvalue weighted by Gasteiger charge is 2.33. The monoisotopic (exact) mass is 333 g/mol. The number of sulfonamides is 1. The Morgan fingerprint density at radius 2 is 2.19 bits per heavy atom. The molecule has 0 aromatic heterocycles. The largest absolute Gasteiger partial charge is 0.313 e. The van der Waals surface area contributed by atoms with Crippen molar-refractivity contribution in [3.63, 3.8) is 0 Å². The maximum absolute atomic E-state index is 12.5. The van der Waals surface area contributed by atoms with Gasteiger partial charge in [-0.25, -0.2) is 13.1 Å². The van der Waals surface area contributed by atoms with Crippen molar-refractivity contribution in [1.29, 1.82) is 0 Å². The van der Waals surface area contributed by atoms with Gasteiger partial charge in [0.2, 0.25) is 10.0 Å². The summed E-state index contributed by atoms with van der Waals surface area (Å²) in [5.41, 5.74) is -0.522. The van der Waals surface area contributed by atoms with Gasteiger partial charge in [0.15, 0.2) is 4.90 Å². The summed E-state index contributed by atoms with van der Waals surface area (Å²) in [5.74, 6) is 0. The van der Waals surface area contributed by atoms with Crippen molar-refractivity contribution in [1.82, 2.24) is 10.0 Å². The van der Waals surface area contributed by atoms with Crippen LogP contribution in [0.4, 0.5) is 5.69 Å². The van der Waals surface area contributed by atoms with Crippen LogP contribution in [0.25, 0.3) is 0 Å². The van der Waals surface area contributed by atoms with Gasteiger partial charge >= 0.3 is 0 Å². The van der Waals surface area contributed by atoms with Crippen LogP contribution in [-0.2, 0) is 10.0 Å². The maximum Gasteiger partial charge on any atom is 0.290 e. The van der Waals surface area contributed by atoms with Crippen molar-refractivity contribution in [3.05, 3.63) is 33.3 Å². The fourth-order valence-electron chi connectivity index (χ4n) is 2.37. The van der Waals surface area contributed by atoms with Gasteiger partial charge in [0.25, 0.3) is 5.69 Å². The molecule has 2 atom stereocenters. The van der Waals surface area contributed by atoms with E-state index in [9.17, 15) is 18.5 Å². The summed E-state index contributed by atoms with van der Waals surface area (Å²) >= 11 is 5.87. The third kappa shape index (κ3) is 3.52. The molecule has 1 fully saturated rings. The van der Waals surface area contributed by atoms with Crippen LogP contribution in [0.15, 0.2) is 23.1 Å². The quantitative estimate of drug-likeness (QED) is 0.644. The average molecular weight is 334 g/mol. The van der Waals surface area contributed by atoms with Crippen LogP contribution < -0.4 is 10.0 Å². The Morgan fingerprint density at radius 3 is 2.81 bits per heavy atom. The molecule has 21 heavy (non-hydrogen) atoms. The Bertz CT molecular complexity index is 650. The topological polar surface area (TPSA) is 101 Å². The second-order valence-corrected chi connectivity index (χ2v) is 7.02. The van der Waals surface area contributed by atoms with Crippen molar-refractivity contribution in [3.8, 4) is 0 Å². The number of nitro groups is 1. The van der Waals surface area contributed by atoms with Crippen LogP contribution in [0.2, 0.25) is 5.02 Å². The summed E-state index contributed by atoms with van der Waals surface area (Å²) in [5, 5.41) is 14.0. The summed E-state index contributed by atoms with van der Waals surface area (Å²) in [6, 6.07) is 3.44. The molecule has 9 heteroatoms. The van der Waals surface area contributed by atoms with Gasteiger partial charge < -0.3 is 5.32 Å². The Morgan fingerprint density at radius 1 is 1.48 bits per heavy atom. The van der Waals surface area contributed by atoms with Crippen LogP contribution in [0.3, 0.4) is 0 Å². The molecule has 2 N–H and O–H groups in total. The van der Waals surface area contributed by atoms with Crippen LogP contribution in [0, 0.1) is 10.1 Å². The van der Waals surface area contributed by atoms with E-state index >= 15 is 0 Å². The summed E-state index contributed by atoms with van der Waals surface area (Å²) < 4.78 is 27.4. The van der Waals surface area contributed by atoms with E-state index in [4.69, 9.17) is 11.6 Å². The summed E-state index contributed by atoms with van der Waals surface area (Å²) in [7, 11) is -4.06. The third-order valence-corrected chi connectivity index (χ3v) is 5.49. The standard InChI is InChI=1S/C12H16ClN3O4S/c1-8-10(5-3-7-14-8)15-21(19,20)12-9(13)4-2-6-11(12)16(17)18/h2,4,6,8,10,14-15H,3,5,7H2,1H3. The molecule has 0 saturated carbocycles. The molecular weight excluding hydrogens is 318 g/mol. The Labute approximate surface area is 127 Å². The number of hydrogen-bond donors (Lipinski definition) is 2. The zero-order chi connectivity index (χ0) is 15.6. The fourth-order valence-corrected chi connectivity index (χ4v) is 4.43. The lowest BCUT2D eigenvalue weighted by atomic mass is 10.0. The van der Waals surface area contributed by atoms with Crippen LogP contribution in [0.1, 0.15) is 19.8 Å². The van der Waals surface area contributed by atoms with E-state index in [2.05, 4.69) is 10.0 Å². The minimum atomic E-state index is -4.06. The lowest BCUT2D eigenvalue weighted by Gasteiger charge is -2.30. The van der Waals surface area contributed by atoms with E-state index in [1.165, 1.54) is 12.1 Å². The number of rotatable bonds is 4. The number of hydrogen-bond acceptors (Lipinski definition) is 5. The summed E-state index contributed by atoms with van der Waals surface area (Å²) in [6.45, 7) is 2.69. The Kier molecular flexibility index (Phi) is 4.82. The minimum Gasteiger partial charge on any atom is -0.313 e. The average Bonchev–Trinajstić information content (AvgIpc) is 2.40. The van der Waals surface area contributed by atoms with Crippen molar-refractivity contribution in [2.75, 3.05) is 6.54 Å². The van der Waals surface area contributed by atoms with Gasteiger partial charge in [-0.05, 0) is 32.4 Å². The molecule has 1 aromatic rings. The second kappa shape index (κ2) is 6.27. The van der Waals surface area contributed by atoms with Gasteiger partial charge in [-0.1, -0.05) is 17.7 Å². The van der Waals surface area contributed by atoms with Crippen LogP contribution >= 0.6 is 11.6 Å². The molecule has 0 spiro atoms. The smallest absolute Gasteiger partial charge is 0.290 e. The highest BCUT2D eigenvalue weighted by Crippen LogP contribution is 2.31. The Balaban J connectivity index is 2.38. The van der Waals surface area contributed by atoms with Gasteiger partial charge in [0.05, 0.1) is 9.95 Å². The number of nitrogens with one attached hydrogen (secondary N) is 2. The van der Waals surface area contributed by atoms with Gasteiger partial charge in [-0.15, -0.1) is 0 Å². The summed E-state index contributed by atoms with van der Waals surface area (Å²) in [4.78, 5) is 9.80. The molecule has 1 aromatic carbocycles. The first-order chi connectivity index (χ1) is 9.83. The zero-order valence-electron chi connectivity index (χ0n) is 11.4. The molecule has 1 aliphatic heterocycles. The zero-order valence-corrected chi connectivity index (χ0v) is 12.9. The molecule has 1 saturated heterocycles. The third-order valence-electron chi connectivity index (χ3n) is 3.48. The molecule has 0 amide bonds. The maximum atomic E-state index is 12.5. The van der Waals surface area contributed by atoms with Gasteiger partial charge in [0.1, 0.15) is 0 Å². The fraction of sp³-hybridized carbons (Fsp3) is 0.500. The SMILES string of the molecule is CC1NCCCC1NS(=O)(=O)c1c(Cl)cccc1[N+](=O)[O-]. The van der Waals surface area contributed by atoms with Gasteiger partial charge in [-0.3, -0.25) is 10.1 Å². The molecule has 0 aliphatic carbocycles. The molecule has 0 radical (unpaired) electrons. The normalized spacial score (nSPS) is 23.0. The van der Waals surface area contributed by atoms with Gasteiger partial charge in [0, 0.05) is 18.2 Å². The molecule has 2 rings (SSSR count). The molecule has 116 valence electrons. The lowest BCUT2D eigenvalue weighted by Crippen LogP contribution is -2.51. The number of halogens is 1. The molecule has 0 bridgehead atoms. The lowest BCUT2D eigenvalue weighted by molar-refractivity contribution is -0.387. The predicted octanol–water partition coefficient (Wildman–Crippen LogP) is 1.67. The number of piperidine rings is 1. The van der Waals surface area contributed by atoms with Gasteiger partial charge in [-0.2, -0.15) is 0 Å². The van der Waals surface area contributed by atoms with E-state index in [1.54, 1.807) is 0 Å². The Hall–Kier alpha value is -1.22. The first kappa shape index (κ1) is 16.2. The van der Waals surface area contributed by atoms with Crippen molar-refractivity contribution in [2.24, 2.45) is 0 Å². The van der Waals surface area contributed by atoms with E-state index in [1.807, 2.05) is 6.92 Å². The summed E-state index contributed by atoms with van der Waals surface area (Å²) in [6.07, 6.45) is 1.51. The van der Waals surface area contributed by atoms with Crippen molar-refractivity contribution < 1.29 is 13.3 Å². The van der Waals surface area contributed by atoms with E-state index in [0.717, 1.165) is 19.0 Å². The second-order valence-electron chi connectivity index (χ2n) is 4.96. The van der Waals surface area contributed by atoms with E-state index in [0.29, 0.717) is 6.42 Å². The van der Waals surface area contributed by atoms with Crippen molar-refractivity contribution >= 4 is 27.3 Å². The van der Waals surface area contributed by atoms with Crippen molar-refractivity contribution in [2.45, 2.75) is 36.7 Å².